The molecule has 0 unspecified atom stereocenters. The molecule has 0 saturated carbocycles. The maximum atomic E-state index is 5.92. The number of hydrogen-bond donors (Lipinski definition) is 0. The van der Waals surface area contributed by atoms with Gasteiger partial charge in [-0.2, -0.15) is 0 Å². The number of ether oxygens (including phenoxy) is 2. The van der Waals surface area contributed by atoms with E-state index in [1.165, 1.54) is 0 Å². The van der Waals surface area contributed by atoms with Crippen molar-refractivity contribution >= 4 is 6.08 Å². The zero-order valence-corrected chi connectivity index (χ0v) is 13.7. The fraction of sp³-hybridized carbons (Fsp3) is 0.0909. The summed E-state index contributed by atoms with van der Waals surface area (Å²) in [6.07, 6.45) is 1.83. The summed E-state index contributed by atoms with van der Waals surface area (Å²) in [5, 5.41) is 0. The molecule has 0 bridgehead atoms. The van der Waals surface area contributed by atoms with Crippen LogP contribution in [0.5, 0.6) is 11.5 Å². The molecular formula is C22H20O2. The van der Waals surface area contributed by atoms with E-state index in [1.807, 2.05) is 54.6 Å². The molecule has 0 aromatic heterocycles. The summed E-state index contributed by atoms with van der Waals surface area (Å²) in [6, 6.07) is 24.2. The summed E-state index contributed by atoms with van der Waals surface area (Å²) in [6.45, 7) is 4.39. The van der Waals surface area contributed by atoms with Crippen molar-refractivity contribution in [1.29, 1.82) is 0 Å². The second kappa shape index (κ2) is 7.51. The van der Waals surface area contributed by atoms with Gasteiger partial charge in [0.15, 0.2) is 0 Å². The van der Waals surface area contributed by atoms with E-state index in [0.717, 1.165) is 33.8 Å². The van der Waals surface area contributed by atoms with Gasteiger partial charge in [0.05, 0.1) is 7.11 Å². The lowest BCUT2D eigenvalue weighted by molar-refractivity contribution is 0.306. The van der Waals surface area contributed by atoms with Crippen LogP contribution in [0.1, 0.15) is 11.1 Å². The first-order valence-electron chi connectivity index (χ1n) is 7.88. The van der Waals surface area contributed by atoms with E-state index in [0.29, 0.717) is 6.61 Å². The van der Waals surface area contributed by atoms with Crippen LogP contribution in [0, 0.1) is 0 Å². The minimum Gasteiger partial charge on any atom is -0.496 e. The predicted octanol–water partition coefficient (Wildman–Crippen LogP) is 5.58. The first kappa shape index (κ1) is 15.9. The minimum atomic E-state index is 0.550. The SMILES string of the molecule is C=Cc1ccc(OC)c(-c2cccc(OCc3ccccc3)c2)c1. The summed E-state index contributed by atoms with van der Waals surface area (Å²) >= 11 is 0. The van der Waals surface area contributed by atoms with Gasteiger partial charge in [-0.05, 0) is 41.0 Å². The molecule has 0 N–H and O–H groups in total. The van der Waals surface area contributed by atoms with Gasteiger partial charge < -0.3 is 9.47 Å². The molecule has 0 aliphatic heterocycles. The Morgan fingerprint density at radius 3 is 2.50 bits per heavy atom. The van der Waals surface area contributed by atoms with Crippen molar-refractivity contribution in [3.05, 3.63) is 90.5 Å². The molecule has 3 aromatic rings. The van der Waals surface area contributed by atoms with Crippen LogP contribution in [0.4, 0.5) is 0 Å². The molecule has 0 heterocycles. The number of benzene rings is 3. The molecule has 0 atom stereocenters. The Bertz CT molecular complexity index is 822. The van der Waals surface area contributed by atoms with E-state index in [1.54, 1.807) is 7.11 Å². The third-order valence-electron chi connectivity index (χ3n) is 3.85. The van der Waals surface area contributed by atoms with E-state index in [2.05, 4.69) is 30.8 Å². The smallest absolute Gasteiger partial charge is 0.126 e. The summed E-state index contributed by atoms with van der Waals surface area (Å²) in [4.78, 5) is 0. The van der Waals surface area contributed by atoms with Crippen LogP contribution in [0.2, 0.25) is 0 Å². The maximum Gasteiger partial charge on any atom is 0.126 e. The lowest BCUT2D eigenvalue weighted by Gasteiger charge is -2.12. The first-order chi connectivity index (χ1) is 11.8. The summed E-state index contributed by atoms with van der Waals surface area (Å²) < 4.78 is 11.4. The van der Waals surface area contributed by atoms with Crippen molar-refractivity contribution in [2.24, 2.45) is 0 Å². The van der Waals surface area contributed by atoms with E-state index in [-0.39, 0.29) is 0 Å². The summed E-state index contributed by atoms with van der Waals surface area (Å²) in [7, 11) is 1.68. The van der Waals surface area contributed by atoms with Crippen molar-refractivity contribution in [2.45, 2.75) is 6.61 Å². The minimum absolute atomic E-state index is 0.550. The molecule has 0 fully saturated rings. The van der Waals surface area contributed by atoms with Gasteiger partial charge in [0, 0.05) is 5.56 Å². The van der Waals surface area contributed by atoms with E-state index < -0.39 is 0 Å². The molecule has 120 valence electrons. The highest BCUT2D eigenvalue weighted by Gasteiger charge is 2.08. The molecule has 0 spiro atoms. The highest BCUT2D eigenvalue weighted by Crippen LogP contribution is 2.33. The largest absolute Gasteiger partial charge is 0.496 e. The molecule has 3 aromatic carbocycles. The van der Waals surface area contributed by atoms with Gasteiger partial charge in [0.25, 0.3) is 0 Å². The Kier molecular flexibility index (Phi) is 4.97. The molecule has 0 amide bonds. The Morgan fingerprint density at radius 1 is 0.917 bits per heavy atom. The van der Waals surface area contributed by atoms with Gasteiger partial charge in [-0.1, -0.05) is 61.2 Å². The van der Waals surface area contributed by atoms with E-state index in [4.69, 9.17) is 9.47 Å². The quantitative estimate of drug-likeness (QED) is 0.590. The van der Waals surface area contributed by atoms with Crippen LogP contribution in [-0.4, -0.2) is 7.11 Å². The second-order valence-corrected chi connectivity index (χ2v) is 5.47. The van der Waals surface area contributed by atoms with Crippen LogP contribution < -0.4 is 9.47 Å². The Labute approximate surface area is 143 Å². The average Bonchev–Trinajstić information content (AvgIpc) is 2.67. The highest BCUT2D eigenvalue weighted by molar-refractivity contribution is 5.74. The first-order valence-corrected chi connectivity index (χ1v) is 7.88. The van der Waals surface area contributed by atoms with Gasteiger partial charge in [-0.25, -0.2) is 0 Å². The lowest BCUT2D eigenvalue weighted by atomic mass is 10.0. The zero-order valence-electron chi connectivity index (χ0n) is 13.7. The Balaban J connectivity index is 1.86. The Hall–Kier alpha value is -3.00. The molecule has 0 saturated heterocycles. The van der Waals surface area contributed by atoms with Crippen molar-refractivity contribution < 1.29 is 9.47 Å². The molecule has 24 heavy (non-hydrogen) atoms. The molecule has 0 radical (unpaired) electrons. The molecule has 2 nitrogen and oxygen atoms in total. The maximum absolute atomic E-state index is 5.92. The predicted molar refractivity (Wildman–Crippen MR) is 99.3 cm³/mol. The highest BCUT2D eigenvalue weighted by atomic mass is 16.5. The van der Waals surface area contributed by atoms with Gasteiger partial charge in [0.2, 0.25) is 0 Å². The molecule has 0 aliphatic rings. The third-order valence-corrected chi connectivity index (χ3v) is 3.85. The van der Waals surface area contributed by atoms with Crippen LogP contribution in [0.3, 0.4) is 0 Å². The lowest BCUT2D eigenvalue weighted by Crippen LogP contribution is -1.95. The number of rotatable bonds is 6. The molecule has 2 heteroatoms. The number of hydrogen-bond acceptors (Lipinski definition) is 2. The van der Waals surface area contributed by atoms with E-state index >= 15 is 0 Å². The van der Waals surface area contributed by atoms with Crippen molar-refractivity contribution in [1.82, 2.24) is 0 Å². The fourth-order valence-corrected chi connectivity index (χ4v) is 2.57. The third kappa shape index (κ3) is 3.66. The fourth-order valence-electron chi connectivity index (χ4n) is 2.57. The van der Waals surface area contributed by atoms with Crippen LogP contribution in [0.25, 0.3) is 17.2 Å². The van der Waals surface area contributed by atoms with E-state index in [9.17, 15) is 0 Å². The van der Waals surface area contributed by atoms with Crippen molar-refractivity contribution in [3.8, 4) is 22.6 Å². The summed E-state index contributed by atoms with van der Waals surface area (Å²) in [5.74, 6) is 1.67. The molecule has 3 rings (SSSR count). The van der Waals surface area contributed by atoms with Gasteiger partial charge in [0.1, 0.15) is 18.1 Å². The normalized spacial score (nSPS) is 10.2. The standard InChI is InChI=1S/C22H20O2/c1-3-17-12-13-22(23-2)21(14-17)19-10-7-11-20(15-19)24-16-18-8-5-4-6-9-18/h3-15H,1,16H2,2H3. The van der Waals surface area contributed by atoms with Crippen LogP contribution in [0.15, 0.2) is 79.4 Å². The Morgan fingerprint density at radius 2 is 1.75 bits per heavy atom. The van der Waals surface area contributed by atoms with Crippen LogP contribution >= 0.6 is 0 Å². The average molecular weight is 316 g/mol. The van der Waals surface area contributed by atoms with Crippen molar-refractivity contribution in [2.75, 3.05) is 7.11 Å². The van der Waals surface area contributed by atoms with Gasteiger partial charge in [-0.15, -0.1) is 0 Å². The van der Waals surface area contributed by atoms with Crippen molar-refractivity contribution in [3.63, 3.8) is 0 Å². The summed E-state index contributed by atoms with van der Waals surface area (Å²) in [5.41, 5.74) is 4.29. The topological polar surface area (TPSA) is 18.5 Å². The monoisotopic (exact) mass is 316 g/mol. The van der Waals surface area contributed by atoms with Gasteiger partial charge in [-0.3, -0.25) is 0 Å². The zero-order chi connectivity index (χ0) is 16.8. The van der Waals surface area contributed by atoms with Gasteiger partial charge >= 0.3 is 0 Å². The molecule has 0 aliphatic carbocycles. The molecular weight excluding hydrogens is 296 g/mol. The number of methoxy groups -OCH3 is 1. The van der Waals surface area contributed by atoms with Crippen LogP contribution in [-0.2, 0) is 6.61 Å². The second-order valence-electron chi connectivity index (χ2n) is 5.47.